The van der Waals surface area contributed by atoms with Crippen molar-refractivity contribution in [3.8, 4) is 0 Å². The van der Waals surface area contributed by atoms with E-state index >= 15 is 0 Å². The van der Waals surface area contributed by atoms with Crippen LogP contribution in [0, 0.1) is 0 Å². The minimum absolute atomic E-state index is 0.101. The Morgan fingerprint density at radius 2 is 2.00 bits per heavy atom. The van der Waals surface area contributed by atoms with Crippen molar-refractivity contribution in [3.63, 3.8) is 0 Å². The van der Waals surface area contributed by atoms with E-state index in [-0.39, 0.29) is 6.54 Å². The van der Waals surface area contributed by atoms with E-state index in [1.807, 2.05) is 0 Å². The normalized spacial score (nSPS) is 16.1. The maximum atomic E-state index is 8.96. The fourth-order valence-electron chi connectivity index (χ4n) is 0.288. The summed E-state index contributed by atoms with van der Waals surface area (Å²) in [4.78, 5) is 0. The molecular formula is C5H13NO2. The predicted molar refractivity (Wildman–Crippen MR) is 31.4 cm³/mol. The summed E-state index contributed by atoms with van der Waals surface area (Å²) < 4.78 is 0. The van der Waals surface area contributed by atoms with Crippen LogP contribution in [0.2, 0.25) is 0 Å². The van der Waals surface area contributed by atoms with E-state index in [1.165, 1.54) is 13.8 Å². The molecule has 0 heterocycles. The van der Waals surface area contributed by atoms with Crippen molar-refractivity contribution in [2.24, 2.45) is 5.73 Å². The zero-order valence-corrected chi connectivity index (χ0v) is 5.26. The highest BCUT2D eigenvalue weighted by molar-refractivity contribution is 4.75. The van der Waals surface area contributed by atoms with Crippen LogP contribution in [0.15, 0.2) is 0 Å². The summed E-state index contributed by atoms with van der Waals surface area (Å²) in [6.45, 7) is 3.14. The van der Waals surface area contributed by atoms with E-state index in [0.29, 0.717) is 0 Å². The summed E-state index contributed by atoms with van der Waals surface area (Å²) >= 11 is 0. The summed E-state index contributed by atoms with van der Waals surface area (Å²) in [7, 11) is 0. The molecule has 0 bridgehead atoms. The predicted octanol–water partition coefficient (Wildman–Crippen LogP) is -0.923. The molecule has 0 spiro atoms. The van der Waals surface area contributed by atoms with Gasteiger partial charge in [-0.15, -0.1) is 0 Å². The average Bonchev–Trinajstić information content (AvgIpc) is 1.62. The molecule has 0 amide bonds. The third-order valence-corrected chi connectivity index (χ3v) is 1.04. The highest BCUT2D eigenvalue weighted by Crippen LogP contribution is 2.05. The van der Waals surface area contributed by atoms with Gasteiger partial charge in [0.25, 0.3) is 0 Å². The molecule has 0 radical (unpaired) electrons. The van der Waals surface area contributed by atoms with E-state index in [0.717, 1.165) is 0 Å². The van der Waals surface area contributed by atoms with Gasteiger partial charge in [0.15, 0.2) is 0 Å². The molecule has 3 nitrogen and oxygen atoms in total. The van der Waals surface area contributed by atoms with Crippen molar-refractivity contribution in [2.75, 3.05) is 6.54 Å². The van der Waals surface area contributed by atoms with E-state index in [2.05, 4.69) is 0 Å². The van der Waals surface area contributed by atoms with Crippen LogP contribution in [0.1, 0.15) is 13.8 Å². The van der Waals surface area contributed by atoms with Gasteiger partial charge in [-0.25, -0.2) is 0 Å². The smallest absolute Gasteiger partial charge is 0.0943 e. The number of nitrogens with two attached hydrogens (primary N) is 1. The third-order valence-electron chi connectivity index (χ3n) is 1.04. The Morgan fingerprint density at radius 3 is 2.00 bits per heavy atom. The molecule has 1 unspecified atom stereocenters. The fourth-order valence-corrected chi connectivity index (χ4v) is 0.288. The minimum atomic E-state index is -1.06. The van der Waals surface area contributed by atoms with Gasteiger partial charge < -0.3 is 15.9 Å². The molecule has 8 heavy (non-hydrogen) atoms. The van der Waals surface area contributed by atoms with Gasteiger partial charge in [-0.2, -0.15) is 0 Å². The highest BCUT2D eigenvalue weighted by atomic mass is 16.3. The largest absolute Gasteiger partial charge is 0.389 e. The first-order chi connectivity index (χ1) is 3.48. The molecule has 0 rings (SSSR count). The number of aliphatic hydroxyl groups excluding tert-OH is 1. The second-order valence-electron chi connectivity index (χ2n) is 2.41. The Hall–Kier alpha value is -0.120. The molecule has 0 fully saturated rings. The van der Waals surface area contributed by atoms with Crippen LogP contribution in [0.3, 0.4) is 0 Å². The minimum Gasteiger partial charge on any atom is -0.389 e. The standard InChI is InChI=1S/C5H13NO2/c1-5(2,8)4(7)3-6/h4,7-8H,3,6H2,1-2H3. The van der Waals surface area contributed by atoms with Crippen LogP contribution in [-0.2, 0) is 0 Å². The second-order valence-corrected chi connectivity index (χ2v) is 2.41. The second kappa shape index (κ2) is 2.44. The Kier molecular flexibility index (Phi) is 2.40. The van der Waals surface area contributed by atoms with Gasteiger partial charge in [0.05, 0.1) is 11.7 Å². The summed E-state index contributed by atoms with van der Waals surface area (Å²) in [5.74, 6) is 0. The van der Waals surface area contributed by atoms with E-state index in [1.54, 1.807) is 0 Å². The van der Waals surface area contributed by atoms with Crippen LogP contribution in [0.5, 0.6) is 0 Å². The van der Waals surface area contributed by atoms with Crippen molar-refractivity contribution in [3.05, 3.63) is 0 Å². The zero-order chi connectivity index (χ0) is 6.78. The average molecular weight is 119 g/mol. The summed E-state index contributed by atoms with van der Waals surface area (Å²) in [5.41, 5.74) is 3.99. The van der Waals surface area contributed by atoms with E-state index < -0.39 is 11.7 Å². The molecule has 0 saturated heterocycles. The Morgan fingerprint density at radius 1 is 1.62 bits per heavy atom. The van der Waals surface area contributed by atoms with Gasteiger partial charge in [-0.1, -0.05) is 0 Å². The van der Waals surface area contributed by atoms with Crippen LogP contribution in [0.25, 0.3) is 0 Å². The van der Waals surface area contributed by atoms with Gasteiger partial charge in [0.1, 0.15) is 0 Å². The lowest BCUT2D eigenvalue weighted by Crippen LogP contribution is -2.41. The van der Waals surface area contributed by atoms with Crippen LogP contribution in [-0.4, -0.2) is 28.5 Å². The summed E-state index contributed by atoms with van der Waals surface area (Å²) in [6, 6.07) is 0. The van der Waals surface area contributed by atoms with Gasteiger partial charge >= 0.3 is 0 Å². The summed E-state index contributed by atoms with van der Waals surface area (Å²) in [6.07, 6.45) is -0.817. The van der Waals surface area contributed by atoms with E-state index in [9.17, 15) is 0 Å². The van der Waals surface area contributed by atoms with Crippen molar-refractivity contribution >= 4 is 0 Å². The quantitative estimate of drug-likeness (QED) is 0.440. The van der Waals surface area contributed by atoms with Crippen LogP contribution >= 0.6 is 0 Å². The van der Waals surface area contributed by atoms with Crippen molar-refractivity contribution in [2.45, 2.75) is 25.6 Å². The van der Waals surface area contributed by atoms with Gasteiger partial charge in [-0.3, -0.25) is 0 Å². The van der Waals surface area contributed by atoms with Crippen molar-refractivity contribution < 1.29 is 10.2 Å². The molecule has 0 aliphatic heterocycles. The van der Waals surface area contributed by atoms with Gasteiger partial charge in [0, 0.05) is 6.54 Å². The molecule has 1 atom stereocenters. The molecular weight excluding hydrogens is 106 g/mol. The van der Waals surface area contributed by atoms with Crippen LogP contribution < -0.4 is 5.73 Å². The number of aliphatic hydroxyl groups is 2. The summed E-state index contributed by atoms with van der Waals surface area (Å²) in [5, 5.41) is 17.8. The molecule has 3 heteroatoms. The van der Waals surface area contributed by atoms with Crippen LogP contribution in [0.4, 0.5) is 0 Å². The van der Waals surface area contributed by atoms with Crippen molar-refractivity contribution in [1.29, 1.82) is 0 Å². The van der Waals surface area contributed by atoms with E-state index in [4.69, 9.17) is 15.9 Å². The maximum Gasteiger partial charge on any atom is 0.0943 e. The fraction of sp³-hybridized carbons (Fsp3) is 1.00. The molecule has 0 aromatic heterocycles. The molecule has 0 aromatic rings. The first-order valence-corrected chi connectivity index (χ1v) is 2.59. The number of rotatable bonds is 2. The molecule has 0 aromatic carbocycles. The molecule has 0 aliphatic rings. The maximum absolute atomic E-state index is 8.96. The Labute approximate surface area is 49.1 Å². The monoisotopic (exact) mass is 119 g/mol. The van der Waals surface area contributed by atoms with Gasteiger partial charge in [0.2, 0.25) is 0 Å². The zero-order valence-electron chi connectivity index (χ0n) is 5.26. The molecule has 4 N–H and O–H groups in total. The first-order valence-electron chi connectivity index (χ1n) is 2.59. The molecule has 0 aliphatic carbocycles. The van der Waals surface area contributed by atoms with Gasteiger partial charge in [-0.05, 0) is 13.8 Å². The lowest BCUT2D eigenvalue weighted by atomic mass is 10.0. The van der Waals surface area contributed by atoms with Crippen molar-refractivity contribution in [1.82, 2.24) is 0 Å². The number of hydrogen-bond acceptors (Lipinski definition) is 3. The SMILES string of the molecule is CC(C)(O)C(O)CN. The lowest BCUT2D eigenvalue weighted by Gasteiger charge is -2.22. The molecule has 0 saturated carbocycles. The lowest BCUT2D eigenvalue weighted by molar-refractivity contribution is -0.0423. The highest BCUT2D eigenvalue weighted by Gasteiger charge is 2.21. The number of hydrogen-bond donors (Lipinski definition) is 3. The third kappa shape index (κ3) is 2.26. The Bertz CT molecular complexity index is 67.3. The molecule has 50 valence electrons. The Balaban J connectivity index is 3.62. The first kappa shape index (κ1) is 7.88. The topological polar surface area (TPSA) is 66.5 Å².